The van der Waals surface area contributed by atoms with Gasteiger partial charge in [0, 0.05) is 0 Å². The van der Waals surface area contributed by atoms with Crippen LogP contribution in [0.3, 0.4) is 0 Å². The molecule has 0 aliphatic carbocycles. The summed E-state index contributed by atoms with van der Waals surface area (Å²) in [5.41, 5.74) is 1.16. The summed E-state index contributed by atoms with van der Waals surface area (Å²) in [5.74, 6) is 1.02. The van der Waals surface area contributed by atoms with Crippen molar-refractivity contribution < 1.29 is 0 Å². The Morgan fingerprint density at radius 1 is 1.50 bits per heavy atom. The quantitative estimate of drug-likeness (QED) is 0.418. The van der Waals surface area contributed by atoms with Crippen molar-refractivity contribution in [3.63, 3.8) is 0 Å². The minimum atomic E-state index is -1.05. The summed E-state index contributed by atoms with van der Waals surface area (Å²) in [7, 11) is 0. The molecule has 54 valence electrons. The first kappa shape index (κ1) is 6.21. The van der Waals surface area contributed by atoms with Gasteiger partial charge in [-0.3, -0.25) is 0 Å². The topological polar surface area (TPSA) is 37.0 Å². The molecule has 1 aromatic heterocycles. The molecule has 0 aromatic carbocycles. The first-order chi connectivity index (χ1) is 4.86. The van der Waals surface area contributed by atoms with Gasteiger partial charge in [-0.05, 0) is 0 Å². The van der Waals surface area contributed by atoms with Crippen molar-refractivity contribution in [1.29, 1.82) is 0 Å². The predicted molar refractivity (Wildman–Crippen MR) is 51.4 cm³/mol. The van der Waals surface area contributed by atoms with Crippen LogP contribution < -0.4 is 7.06 Å². The van der Waals surface area contributed by atoms with Crippen molar-refractivity contribution in [3.8, 4) is 0 Å². The van der Waals surface area contributed by atoms with Gasteiger partial charge in [-0.2, -0.15) is 0 Å². The van der Waals surface area contributed by atoms with E-state index in [1.807, 2.05) is 12.3 Å². The summed E-state index contributed by atoms with van der Waals surface area (Å²) in [6.07, 6.45) is 1.81. The van der Waals surface area contributed by atoms with Gasteiger partial charge in [-0.25, -0.2) is 0 Å². The third-order valence-corrected chi connectivity index (χ3v) is 3.99. The number of anilines is 2. The van der Waals surface area contributed by atoms with Gasteiger partial charge in [-0.15, -0.1) is 0 Å². The minimum absolute atomic E-state index is 1.02. The molecule has 1 aliphatic rings. The fourth-order valence-electron chi connectivity index (χ4n) is 0.867. The molecule has 10 heavy (non-hydrogen) atoms. The SMILES string of the molecule is CI1Nc2cccnc2N1. The van der Waals surface area contributed by atoms with Crippen molar-refractivity contribution in [2.24, 2.45) is 0 Å². The Kier molecular flexibility index (Phi) is 1.40. The van der Waals surface area contributed by atoms with Gasteiger partial charge in [-0.1, -0.05) is 0 Å². The zero-order valence-corrected chi connectivity index (χ0v) is 7.71. The second kappa shape index (κ2) is 2.26. The molecule has 1 aromatic rings. The molecule has 1 aliphatic heterocycles. The normalized spacial score (nSPS) is 17.5. The Hall–Kier alpha value is -0.520. The van der Waals surface area contributed by atoms with Gasteiger partial charge in [0.25, 0.3) is 0 Å². The number of pyridine rings is 1. The van der Waals surface area contributed by atoms with E-state index in [4.69, 9.17) is 0 Å². The molecule has 3 nitrogen and oxygen atoms in total. The average Bonchev–Trinajstić information content (AvgIpc) is 2.27. The maximum atomic E-state index is 4.18. The van der Waals surface area contributed by atoms with Crippen molar-refractivity contribution in [2.75, 3.05) is 12.0 Å². The summed E-state index contributed by atoms with van der Waals surface area (Å²) in [4.78, 5) is 6.39. The Morgan fingerprint density at radius 3 is 3.20 bits per heavy atom. The molecule has 0 spiro atoms. The van der Waals surface area contributed by atoms with Gasteiger partial charge >= 0.3 is 67.2 Å². The van der Waals surface area contributed by atoms with Crippen LogP contribution in [0.1, 0.15) is 0 Å². The van der Waals surface area contributed by atoms with E-state index in [2.05, 4.69) is 23.0 Å². The van der Waals surface area contributed by atoms with Crippen molar-refractivity contribution in [3.05, 3.63) is 18.3 Å². The summed E-state index contributed by atoms with van der Waals surface area (Å²) < 4.78 is 6.71. The fraction of sp³-hybridized carbons (Fsp3) is 0.167. The van der Waals surface area contributed by atoms with Crippen LogP contribution in [-0.2, 0) is 0 Å². The van der Waals surface area contributed by atoms with Crippen molar-refractivity contribution in [1.82, 2.24) is 4.98 Å². The van der Waals surface area contributed by atoms with Gasteiger partial charge in [0.1, 0.15) is 0 Å². The van der Waals surface area contributed by atoms with E-state index in [-0.39, 0.29) is 0 Å². The number of hydrogen-bond donors (Lipinski definition) is 2. The van der Waals surface area contributed by atoms with Crippen LogP contribution in [0.15, 0.2) is 18.3 Å². The molecule has 4 heteroatoms. The van der Waals surface area contributed by atoms with E-state index >= 15 is 0 Å². The van der Waals surface area contributed by atoms with Gasteiger partial charge in [0.2, 0.25) is 0 Å². The summed E-state index contributed by atoms with van der Waals surface area (Å²) in [6, 6.07) is 4.00. The number of nitrogens with one attached hydrogen (secondary N) is 2. The molecule has 2 heterocycles. The number of hydrogen-bond acceptors (Lipinski definition) is 3. The van der Waals surface area contributed by atoms with Crippen LogP contribution in [-0.4, -0.2) is 9.91 Å². The Balaban J connectivity index is 2.42. The first-order valence-electron chi connectivity index (χ1n) is 2.94. The summed E-state index contributed by atoms with van der Waals surface area (Å²) in [5, 5.41) is 0. The Bertz CT molecular complexity index is 226. The number of alkyl halides is 1. The van der Waals surface area contributed by atoms with Crippen LogP contribution in [0.5, 0.6) is 0 Å². The molecule has 0 atom stereocenters. The first-order valence-corrected chi connectivity index (χ1v) is 7.26. The van der Waals surface area contributed by atoms with Gasteiger partial charge < -0.3 is 0 Å². The van der Waals surface area contributed by atoms with Crippen LogP contribution in [0, 0.1) is 0 Å². The van der Waals surface area contributed by atoms with Crippen LogP contribution in [0.25, 0.3) is 0 Å². The van der Waals surface area contributed by atoms with E-state index in [0.29, 0.717) is 0 Å². The van der Waals surface area contributed by atoms with E-state index in [0.717, 1.165) is 11.5 Å². The summed E-state index contributed by atoms with van der Waals surface area (Å²) in [6.45, 7) is 0. The molecule has 0 saturated heterocycles. The van der Waals surface area contributed by atoms with E-state index in [9.17, 15) is 0 Å². The molecular formula is C6H8IN3. The zero-order valence-electron chi connectivity index (χ0n) is 5.56. The van der Waals surface area contributed by atoms with Crippen LogP contribution >= 0.6 is 20.4 Å². The molecule has 0 saturated carbocycles. The second-order valence-corrected chi connectivity index (χ2v) is 5.84. The van der Waals surface area contributed by atoms with Crippen molar-refractivity contribution in [2.45, 2.75) is 0 Å². The van der Waals surface area contributed by atoms with Gasteiger partial charge in [0.15, 0.2) is 0 Å². The standard InChI is InChI=1S/C6H8IN3/c1-7-9-5-3-2-4-8-6(5)10-7/h2-4,9H,1H3,(H,8,10). The third-order valence-electron chi connectivity index (χ3n) is 1.28. The number of fused-ring (bicyclic) bond motifs is 1. The number of nitrogens with zero attached hydrogens (tertiary/aromatic N) is 1. The maximum absolute atomic E-state index is 4.18. The Labute approximate surface area is 67.3 Å². The predicted octanol–water partition coefficient (Wildman–Crippen LogP) is 1.89. The molecular weight excluding hydrogens is 241 g/mol. The van der Waals surface area contributed by atoms with E-state index in [1.54, 1.807) is 0 Å². The molecule has 2 rings (SSSR count). The van der Waals surface area contributed by atoms with Crippen LogP contribution in [0.2, 0.25) is 0 Å². The molecule has 0 fully saturated rings. The monoisotopic (exact) mass is 249 g/mol. The van der Waals surface area contributed by atoms with Gasteiger partial charge in [0.05, 0.1) is 0 Å². The second-order valence-electron chi connectivity index (χ2n) is 2.06. The van der Waals surface area contributed by atoms with Crippen LogP contribution in [0.4, 0.5) is 11.5 Å². The zero-order chi connectivity index (χ0) is 6.97. The number of rotatable bonds is 0. The third kappa shape index (κ3) is 0.920. The molecule has 2 N–H and O–H groups in total. The Morgan fingerprint density at radius 2 is 2.40 bits per heavy atom. The molecule has 0 bridgehead atoms. The van der Waals surface area contributed by atoms with Crippen molar-refractivity contribution >= 4 is 31.9 Å². The molecule has 0 radical (unpaired) electrons. The fourth-order valence-corrected chi connectivity index (χ4v) is 3.51. The summed E-state index contributed by atoms with van der Waals surface area (Å²) >= 11 is -1.05. The molecule has 0 unspecified atom stereocenters. The number of aromatic nitrogens is 1. The average molecular weight is 249 g/mol. The molecule has 0 amide bonds. The number of halogens is 1. The van der Waals surface area contributed by atoms with E-state index in [1.165, 1.54) is 0 Å². The van der Waals surface area contributed by atoms with E-state index < -0.39 is 20.4 Å².